The van der Waals surface area contributed by atoms with Gasteiger partial charge in [0.05, 0.1) is 0 Å². The number of carbonyl (C=O) groups excluding carboxylic acids is 1. The van der Waals surface area contributed by atoms with E-state index in [0.29, 0.717) is 12.0 Å². The molecule has 1 aromatic rings. The van der Waals surface area contributed by atoms with E-state index in [1.54, 1.807) is 26.3 Å². The van der Waals surface area contributed by atoms with Crippen LogP contribution >= 0.6 is 0 Å². The second-order valence-electron chi connectivity index (χ2n) is 3.81. The van der Waals surface area contributed by atoms with E-state index in [1.165, 1.54) is 0 Å². The summed E-state index contributed by atoms with van der Waals surface area (Å²) in [4.78, 5) is 16.2. The van der Waals surface area contributed by atoms with Crippen LogP contribution in [-0.2, 0) is 4.74 Å². The molecule has 0 fully saturated rings. The van der Waals surface area contributed by atoms with Gasteiger partial charge in [-0.25, -0.2) is 0 Å². The Kier molecular flexibility index (Phi) is 3.58. The van der Waals surface area contributed by atoms with Gasteiger partial charge in [-0.3, -0.25) is 9.78 Å². The first-order valence-electron chi connectivity index (χ1n) is 5.06. The molecule has 0 radical (unpaired) electrons. The van der Waals surface area contributed by atoms with E-state index in [2.05, 4.69) is 4.98 Å². The molecule has 1 atom stereocenters. The van der Waals surface area contributed by atoms with Crippen LogP contribution in [0.1, 0.15) is 36.3 Å². The molecule has 0 saturated heterocycles. The van der Waals surface area contributed by atoms with Gasteiger partial charge < -0.3 is 4.74 Å². The largest absolute Gasteiger partial charge is 0.370 e. The summed E-state index contributed by atoms with van der Waals surface area (Å²) in [6.45, 7) is 5.63. The third-order valence-corrected chi connectivity index (χ3v) is 2.78. The average Bonchev–Trinajstić information content (AvgIpc) is 2.28. The lowest BCUT2D eigenvalue weighted by molar-refractivity contribution is 0.0106. The Morgan fingerprint density at radius 1 is 1.53 bits per heavy atom. The minimum atomic E-state index is -0.739. The Morgan fingerprint density at radius 3 is 2.60 bits per heavy atom. The fraction of sp³-hybridized carbons (Fsp3) is 0.500. The van der Waals surface area contributed by atoms with Crippen LogP contribution < -0.4 is 0 Å². The van der Waals surface area contributed by atoms with Crippen molar-refractivity contribution in [3.05, 3.63) is 29.6 Å². The Bertz CT molecular complexity index is 339. The van der Waals surface area contributed by atoms with Gasteiger partial charge in [-0.1, -0.05) is 6.92 Å². The Hall–Kier alpha value is -1.22. The van der Waals surface area contributed by atoms with Crippen LogP contribution in [0.25, 0.3) is 0 Å². The molecule has 0 aromatic carbocycles. The Morgan fingerprint density at radius 2 is 2.20 bits per heavy atom. The zero-order valence-corrected chi connectivity index (χ0v) is 9.70. The molecule has 1 heterocycles. The highest BCUT2D eigenvalue weighted by molar-refractivity contribution is 6.01. The first-order valence-corrected chi connectivity index (χ1v) is 5.06. The molecule has 0 aliphatic carbocycles. The SMILES string of the molecule is CCC(C)(OC)C(=O)c1ccc(C)nc1. The van der Waals surface area contributed by atoms with Crippen LogP contribution in [0.3, 0.4) is 0 Å². The highest BCUT2D eigenvalue weighted by Gasteiger charge is 2.31. The van der Waals surface area contributed by atoms with Crippen LogP contribution in [0.2, 0.25) is 0 Å². The maximum absolute atomic E-state index is 12.1. The van der Waals surface area contributed by atoms with E-state index in [1.807, 2.05) is 19.9 Å². The van der Waals surface area contributed by atoms with Crippen molar-refractivity contribution < 1.29 is 9.53 Å². The van der Waals surface area contributed by atoms with Crippen molar-refractivity contribution in [1.29, 1.82) is 0 Å². The van der Waals surface area contributed by atoms with Crippen molar-refractivity contribution in [2.45, 2.75) is 32.8 Å². The van der Waals surface area contributed by atoms with E-state index in [0.717, 1.165) is 5.69 Å². The molecule has 1 unspecified atom stereocenters. The lowest BCUT2D eigenvalue weighted by atomic mass is 9.93. The van der Waals surface area contributed by atoms with Gasteiger partial charge in [0.2, 0.25) is 0 Å². The Balaban J connectivity index is 2.98. The molecule has 1 rings (SSSR count). The molecule has 0 spiro atoms. The molecule has 0 saturated carbocycles. The van der Waals surface area contributed by atoms with Gasteiger partial charge in [-0.05, 0) is 32.4 Å². The van der Waals surface area contributed by atoms with Crippen molar-refractivity contribution in [3.8, 4) is 0 Å². The predicted octanol–water partition coefficient (Wildman–Crippen LogP) is 2.39. The second kappa shape index (κ2) is 4.53. The summed E-state index contributed by atoms with van der Waals surface area (Å²) in [7, 11) is 1.56. The van der Waals surface area contributed by atoms with Crippen molar-refractivity contribution in [1.82, 2.24) is 4.98 Å². The monoisotopic (exact) mass is 207 g/mol. The van der Waals surface area contributed by atoms with E-state index in [-0.39, 0.29) is 5.78 Å². The third-order valence-electron chi connectivity index (χ3n) is 2.78. The fourth-order valence-electron chi connectivity index (χ4n) is 1.31. The average molecular weight is 207 g/mol. The van der Waals surface area contributed by atoms with Gasteiger partial charge in [0.15, 0.2) is 5.78 Å². The third kappa shape index (κ3) is 2.42. The maximum atomic E-state index is 12.1. The number of aryl methyl sites for hydroxylation is 1. The van der Waals surface area contributed by atoms with Crippen LogP contribution in [0.15, 0.2) is 18.3 Å². The molecule has 3 nitrogen and oxygen atoms in total. The molecular weight excluding hydrogens is 190 g/mol. The minimum Gasteiger partial charge on any atom is -0.370 e. The smallest absolute Gasteiger partial charge is 0.195 e. The number of ether oxygens (including phenoxy) is 1. The number of nitrogens with zero attached hydrogens (tertiary/aromatic N) is 1. The number of hydrogen-bond donors (Lipinski definition) is 0. The number of hydrogen-bond acceptors (Lipinski definition) is 3. The van der Waals surface area contributed by atoms with Crippen molar-refractivity contribution in [2.75, 3.05) is 7.11 Å². The number of ketones is 1. The van der Waals surface area contributed by atoms with Gasteiger partial charge in [-0.15, -0.1) is 0 Å². The van der Waals surface area contributed by atoms with Gasteiger partial charge >= 0.3 is 0 Å². The summed E-state index contributed by atoms with van der Waals surface area (Å²) >= 11 is 0. The predicted molar refractivity (Wildman–Crippen MR) is 59.0 cm³/mol. The molecule has 15 heavy (non-hydrogen) atoms. The van der Waals surface area contributed by atoms with Crippen molar-refractivity contribution >= 4 is 5.78 Å². The lowest BCUT2D eigenvalue weighted by Gasteiger charge is -2.24. The molecule has 0 aliphatic heterocycles. The molecule has 3 heteroatoms. The van der Waals surface area contributed by atoms with Crippen LogP contribution in [0.5, 0.6) is 0 Å². The van der Waals surface area contributed by atoms with E-state index in [4.69, 9.17) is 4.74 Å². The Labute approximate surface area is 90.5 Å². The summed E-state index contributed by atoms with van der Waals surface area (Å²) in [6, 6.07) is 3.62. The molecule has 82 valence electrons. The van der Waals surface area contributed by atoms with Crippen molar-refractivity contribution in [2.24, 2.45) is 0 Å². The van der Waals surface area contributed by atoms with Gasteiger partial charge in [-0.2, -0.15) is 0 Å². The molecule has 0 bridgehead atoms. The van der Waals surface area contributed by atoms with Crippen LogP contribution in [0, 0.1) is 6.92 Å². The first-order chi connectivity index (χ1) is 7.03. The topological polar surface area (TPSA) is 39.2 Å². The van der Waals surface area contributed by atoms with E-state index < -0.39 is 5.60 Å². The first kappa shape index (κ1) is 11.9. The summed E-state index contributed by atoms with van der Waals surface area (Å²) in [5.41, 5.74) is 0.769. The zero-order chi connectivity index (χ0) is 11.5. The van der Waals surface area contributed by atoms with Crippen LogP contribution in [0.4, 0.5) is 0 Å². The highest BCUT2D eigenvalue weighted by Crippen LogP contribution is 2.20. The molecule has 1 aromatic heterocycles. The molecule has 0 amide bonds. The quantitative estimate of drug-likeness (QED) is 0.711. The van der Waals surface area contributed by atoms with Crippen molar-refractivity contribution in [3.63, 3.8) is 0 Å². The minimum absolute atomic E-state index is 0.0139. The maximum Gasteiger partial charge on any atom is 0.195 e. The van der Waals surface area contributed by atoms with Gasteiger partial charge in [0.25, 0.3) is 0 Å². The van der Waals surface area contributed by atoms with E-state index in [9.17, 15) is 4.79 Å². The second-order valence-corrected chi connectivity index (χ2v) is 3.81. The number of carbonyl (C=O) groups is 1. The van der Waals surface area contributed by atoms with Gasteiger partial charge in [0, 0.05) is 24.6 Å². The number of pyridine rings is 1. The summed E-state index contributed by atoms with van der Waals surface area (Å²) in [5.74, 6) is -0.0139. The van der Waals surface area contributed by atoms with Crippen LogP contribution in [-0.4, -0.2) is 23.5 Å². The summed E-state index contributed by atoms with van der Waals surface area (Å²) < 4.78 is 5.26. The number of rotatable bonds is 4. The summed E-state index contributed by atoms with van der Waals surface area (Å²) in [5, 5.41) is 0. The molecule has 0 N–H and O–H groups in total. The lowest BCUT2D eigenvalue weighted by Crippen LogP contribution is -2.36. The normalized spacial score (nSPS) is 14.7. The zero-order valence-electron chi connectivity index (χ0n) is 9.70. The number of aromatic nitrogens is 1. The molecular formula is C12H17NO2. The standard InChI is InChI=1S/C12H17NO2/c1-5-12(3,15-4)11(14)10-7-6-9(2)13-8-10/h6-8H,5H2,1-4H3. The highest BCUT2D eigenvalue weighted by atomic mass is 16.5. The van der Waals surface area contributed by atoms with E-state index >= 15 is 0 Å². The summed E-state index contributed by atoms with van der Waals surface area (Å²) in [6.07, 6.45) is 2.25. The molecule has 0 aliphatic rings. The number of Topliss-reactive ketones (excluding diaryl/α,β-unsaturated/α-hetero) is 1. The van der Waals surface area contributed by atoms with Gasteiger partial charge in [0.1, 0.15) is 5.60 Å². The number of methoxy groups -OCH3 is 1. The fourth-order valence-corrected chi connectivity index (χ4v) is 1.31.